The Morgan fingerprint density at radius 1 is 1.32 bits per heavy atom. The average molecular weight is 253 g/mol. The highest BCUT2D eigenvalue weighted by atomic mass is 14.9. The van der Waals surface area contributed by atoms with E-state index in [0.29, 0.717) is 5.69 Å². The molecular weight excluding hydrogens is 234 g/mol. The van der Waals surface area contributed by atoms with Crippen molar-refractivity contribution in [3.63, 3.8) is 0 Å². The van der Waals surface area contributed by atoms with Gasteiger partial charge in [-0.05, 0) is 29.7 Å². The first-order valence-electron chi connectivity index (χ1n) is 6.61. The molecule has 3 nitrogen and oxygen atoms in total. The fraction of sp³-hybridized carbons (Fsp3) is 0.312. The van der Waals surface area contributed by atoms with Gasteiger partial charge in [-0.2, -0.15) is 5.26 Å². The van der Waals surface area contributed by atoms with Crippen LogP contribution in [0.2, 0.25) is 0 Å². The Morgan fingerprint density at radius 2 is 2.11 bits per heavy atom. The summed E-state index contributed by atoms with van der Waals surface area (Å²) in [6.07, 6.45) is 4.22. The van der Waals surface area contributed by atoms with Crippen LogP contribution in [-0.4, -0.2) is 4.57 Å². The minimum atomic E-state index is 0.693. The van der Waals surface area contributed by atoms with Crippen molar-refractivity contribution in [3.8, 4) is 6.07 Å². The topological polar surface area (TPSA) is 40.8 Å². The van der Waals surface area contributed by atoms with Crippen LogP contribution >= 0.6 is 0 Å². The van der Waals surface area contributed by atoms with Crippen LogP contribution in [0.15, 0.2) is 36.5 Å². The van der Waals surface area contributed by atoms with Crippen LogP contribution in [0.4, 0.5) is 5.69 Å². The number of para-hydroxylation sites is 1. The van der Waals surface area contributed by atoms with E-state index >= 15 is 0 Å². The second-order valence-corrected chi connectivity index (χ2v) is 4.72. The van der Waals surface area contributed by atoms with E-state index in [2.05, 4.69) is 36.5 Å². The molecule has 0 spiro atoms. The summed E-state index contributed by atoms with van der Waals surface area (Å²) in [6, 6.07) is 12.5. The van der Waals surface area contributed by atoms with Crippen molar-refractivity contribution in [2.45, 2.75) is 26.3 Å². The van der Waals surface area contributed by atoms with Gasteiger partial charge in [0.1, 0.15) is 11.8 Å². The van der Waals surface area contributed by atoms with Gasteiger partial charge in [0.25, 0.3) is 0 Å². The molecule has 0 atom stereocenters. The number of benzene rings is 1. The minimum absolute atomic E-state index is 0.693. The van der Waals surface area contributed by atoms with Gasteiger partial charge < -0.3 is 9.88 Å². The number of rotatable bonds is 5. The second-order valence-electron chi connectivity index (χ2n) is 4.72. The Morgan fingerprint density at radius 3 is 2.79 bits per heavy atom. The van der Waals surface area contributed by atoms with E-state index in [-0.39, 0.29) is 0 Å². The van der Waals surface area contributed by atoms with Gasteiger partial charge in [0.15, 0.2) is 0 Å². The average Bonchev–Trinajstić information content (AvgIpc) is 2.78. The van der Waals surface area contributed by atoms with Crippen molar-refractivity contribution in [2.75, 3.05) is 5.32 Å². The van der Waals surface area contributed by atoms with Crippen LogP contribution in [0.5, 0.6) is 0 Å². The largest absolute Gasteiger partial charge is 0.381 e. The summed E-state index contributed by atoms with van der Waals surface area (Å²) < 4.78 is 1.86. The van der Waals surface area contributed by atoms with Crippen molar-refractivity contribution < 1.29 is 0 Å². The van der Waals surface area contributed by atoms with Gasteiger partial charge in [-0.3, -0.25) is 0 Å². The predicted molar refractivity (Wildman–Crippen MR) is 77.9 cm³/mol. The lowest BCUT2D eigenvalue weighted by Crippen LogP contribution is -2.01. The summed E-state index contributed by atoms with van der Waals surface area (Å²) >= 11 is 0. The second kappa shape index (κ2) is 6.10. The first kappa shape index (κ1) is 13.2. The molecule has 0 amide bonds. The lowest BCUT2D eigenvalue weighted by Gasteiger charge is -2.10. The van der Waals surface area contributed by atoms with Gasteiger partial charge in [-0.15, -0.1) is 0 Å². The van der Waals surface area contributed by atoms with Gasteiger partial charge in [0.2, 0.25) is 0 Å². The summed E-state index contributed by atoms with van der Waals surface area (Å²) in [4.78, 5) is 0. The molecule has 19 heavy (non-hydrogen) atoms. The smallest absolute Gasteiger partial charge is 0.120 e. The van der Waals surface area contributed by atoms with Crippen LogP contribution in [0, 0.1) is 11.3 Å². The third-order valence-electron chi connectivity index (χ3n) is 3.20. The van der Waals surface area contributed by atoms with Gasteiger partial charge in [0, 0.05) is 25.5 Å². The van der Waals surface area contributed by atoms with Crippen LogP contribution in [0.1, 0.15) is 30.2 Å². The molecule has 0 bridgehead atoms. The van der Waals surface area contributed by atoms with E-state index in [1.54, 1.807) is 0 Å². The van der Waals surface area contributed by atoms with Crippen molar-refractivity contribution in [1.82, 2.24) is 4.57 Å². The minimum Gasteiger partial charge on any atom is -0.381 e. The zero-order valence-electron chi connectivity index (χ0n) is 11.5. The molecule has 0 saturated heterocycles. The summed E-state index contributed by atoms with van der Waals surface area (Å²) in [6.45, 7) is 2.93. The molecule has 0 saturated carbocycles. The van der Waals surface area contributed by atoms with Crippen molar-refractivity contribution in [2.24, 2.45) is 7.05 Å². The molecule has 1 heterocycles. The number of hydrogen-bond donors (Lipinski definition) is 1. The Balaban J connectivity index is 2.08. The van der Waals surface area contributed by atoms with E-state index in [1.807, 2.05) is 29.9 Å². The Bertz CT molecular complexity index is 590. The van der Waals surface area contributed by atoms with E-state index < -0.39 is 0 Å². The summed E-state index contributed by atoms with van der Waals surface area (Å²) in [5, 5.41) is 12.4. The molecule has 3 heteroatoms. The SMILES string of the molecule is CCCc1ccccc1NCc1cc(C#N)n(C)c1. The van der Waals surface area contributed by atoms with E-state index in [9.17, 15) is 0 Å². The Hall–Kier alpha value is -2.21. The molecule has 0 aliphatic heterocycles. The zero-order chi connectivity index (χ0) is 13.7. The molecular formula is C16H19N3. The van der Waals surface area contributed by atoms with Gasteiger partial charge >= 0.3 is 0 Å². The maximum absolute atomic E-state index is 8.94. The number of hydrogen-bond acceptors (Lipinski definition) is 2. The molecule has 2 aromatic rings. The Kier molecular flexibility index (Phi) is 4.25. The third kappa shape index (κ3) is 3.17. The van der Waals surface area contributed by atoms with Crippen LogP contribution in [0.25, 0.3) is 0 Å². The first-order valence-corrected chi connectivity index (χ1v) is 6.61. The van der Waals surface area contributed by atoms with Crippen LogP contribution < -0.4 is 5.32 Å². The third-order valence-corrected chi connectivity index (χ3v) is 3.20. The van der Waals surface area contributed by atoms with Crippen molar-refractivity contribution in [1.29, 1.82) is 5.26 Å². The summed E-state index contributed by atoms with van der Waals surface area (Å²) in [7, 11) is 1.90. The van der Waals surface area contributed by atoms with E-state index in [1.165, 1.54) is 11.3 Å². The molecule has 0 aliphatic rings. The molecule has 0 aliphatic carbocycles. The fourth-order valence-corrected chi connectivity index (χ4v) is 2.22. The van der Waals surface area contributed by atoms with Crippen LogP contribution in [0.3, 0.4) is 0 Å². The Labute approximate surface area is 114 Å². The molecule has 1 N–H and O–H groups in total. The molecule has 0 unspecified atom stereocenters. The maximum atomic E-state index is 8.94. The highest BCUT2D eigenvalue weighted by molar-refractivity contribution is 5.51. The number of aryl methyl sites for hydroxylation is 2. The molecule has 0 radical (unpaired) electrons. The molecule has 2 rings (SSSR count). The quantitative estimate of drug-likeness (QED) is 0.886. The number of nitriles is 1. The number of anilines is 1. The van der Waals surface area contributed by atoms with Crippen LogP contribution in [-0.2, 0) is 20.0 Å². The zero-order valence-corrected chi connectivity index (χ0v) is 11.5. The summed E-state index contributed by atoms with van der Waals surface area (Å²) in [5.41, 5.74) is 4.36. The fourth-order valence-electron chi connectivity index (χ4n) is 2.22. The predicted octanol–water partition coefficient (Wildman–Crippen LogP) is 3.46. The number of nitrogens with one attached hydrogen (secondary N) is 1. The number of nitrogens with zero attached hydrogens (tertiary/aromatic N) is 2. The van der Waals surface area contributed by atoms with E-state index in [4.69, 9.17) is 5.26 Å². The first-order chi connectivity index (χ1) is 9.24. The van der Waals surface area contributed by atoms with E-state index in [0.717, 1.165) is 24.9 Å². The lowest BCUT2D eigenvalue weighted by molar-refractivity contribution is 0.901. The molecule has 1 aromatic heterocycles. The highest BCUT2D eigenvalue weighted by Crippen LogP contribution is 2.18. The summed E-state index contributed by atoms with van der Waals surface area (Å²) in [5.74, 6) is 0. The molecule has 0 fully saturated rings. The van der Waals surface area contributed by atoms with Crippen molar-refractivity contribution in [3.05, 3.63) is 53.3 Å². The standard InChI is InChI=1S/C16H19N3/c1-3-6-14-7-4-5-8-16(14)18-11-13-9-15(10-17)19(2)12-13/h4-5,7-9,12,18H,3,6,11H2,1-2H3. The number of aromatic nitrogens is 1. The lowest BCUT2D eigenvalue weighted by atomic mass is 10.1. The van der Waals surface area contributed by atoms with Crippen molar-refractivity contribution >= 4 is 5.69 Å². The van der Waals surface area contributed by atoms with Gasteiger partial charge in [-0.25, -0.2) is 0 Å². The van der Waals surface area contributed by atoms with Gasteiger partial charge in [0.05, 0.1) is 0 Å². The molecule has 1 aromatic carbocycles. The maximum Gasteiger partial charge on any atom is 0.120 e. The highest BCUT2D eigenvalue weighted by Gasteiger charge is 2.04. The normalized spacial score (nSPS) is 10.2. The van der Waals surface area contributed by atoms with Gasteiger partial charge in [-0.1, -0.05) is 31.5 Å². The molecule has 98 valence electrons. The monoisotopic (exact) mass is 253 g/mol.